The van der Waals surface area contributed by atoms with E-state index in [1.54, 1.807) is 0 Å². The van der Waals surface area contributed by atoms with Crippen molar-refractivity contribution < 1.29 is 34.2 Å². The molecular formula is C16H30N8O7S. The molecule has 0 heterocycles. The van der Waals surface area contributed by atoms with Crippen LogP contribution in [0.25, 0.3) is 0 Å². The summed E-state index contributed by atoms with van der Waals surface area (Å²) in [4.78, 5) is 62.8. The fourth-order valence-corrected chi connectivity index (χ4v) is 2.54. The second-order valence-electron chi connectivity index (χ2n) is 6.61. The first kappa shape index (κ1) is 28.9. The van der Waals surface area contributed by atoms with Gasteiger partial charge in [-0.3, -0.25) is 24.2 Å². The summed E-state index contributed by atoms with van der Waals surface area (Å²) in [7, 11) is 0. The number of carboxylic acid groups (broad SMARTS) is 1. The Bertz CT molecular complexity index is 717. The number of nitrogens with two attached hydrogens (primary N) is 4. The number of amides is 4. The Morgan fingerprint density at radius 1 is 0.906 bits per heavy atom. The minimum Gasteiger partial charge on any atom is -0.480 e. The van der Waals surface area contributed by atoms with Crippen LogP contribution < -0.4 is 38.9 Å². The third-order valence-corrected chi connectivity index (χ3v) is 4.31. The molecule has 0 aromatic rings. The predicted octanol–water partition coefficient (Wildman–Crippen LogP) is -5.30. The molecule has 0 aliphatic heterocycles. The number of aliphatic hydroxyl groups excluding tert-OH is 1. The molecule has 0 saturated carbocycles. The molecule has 4 amide bonds. The van der Waals surface area contributed by atoms with Gasteiger partial charge in [0.25, 0.3) is 0 Å². The van der Waals surface area contributed by atoms with Crippen molar-refractivity contribution in [1.82, 2.24) is 16.0 Å². The van der Waals surface area contributed by atoms with Crippen LogP contribution in [0, 0.1) is 0 Å². The van der Waals surface area contributed by atoms with E-state index in [-0.39, 0.29) is 31.1 Å². The van der Waals surface area contributed by atoms with Crippen LogP contribution in [0.2, 0.25) is 0 Å². The summed E-state index contributed by atoms with van der Waals surface area (Å²) in [6.45, 7) is -0.724. The highest BCUT2D eigenvalue weighted by molar-refractivity contribution is 7.80. The van der Waals surface area contributed by atoms with Crippen LogP contribution in [0.4, 0.5) is 0 Å². The molecule has 0 bridgehead atoms. The number of aliphatic hydroxyl groups is 1. The molecule has 0 saturated heterocycles. The van der Waals surface area contributed by atoms with E-state index in [4.69, 9.17) is 33.1 Å². The third kappa shape index (κ3) is 11.3. The number of thiol groups is 1. The number of nitrogens with zero attached hydrogens (tertiary/aromatic N) is 1. The largest absolute Gasteiger partial charge is 0.480 e. The van der Waals surface area contributed by atoms with E-state index in [0.717, 1.165) is 0 Å². The number of aliphatic imine (C=N–C) groups is 1. The van der Waals surface area contributed by atoms with E-state index in [2.05, 4.69) is 33.6 Å². The maximum atomic E-state index is 12.7. The van der Waals surface area contributed by atoms with Crippen LogP contribution in [-0.4, -0.2) is 88.8 Å². The number of carbonyl (C=O) groups excluding carboxylic acids is 4. The van der Waals surface area contributed by atoms with E-state index in [9.17, 15) is 24.0 Å². The van der Waals surface area contributed by atoms with Gasteiger partial charge in [0, 0.05) is 12.3 Å². The highest BCUT2D eigenvalue weighted by Gasteiger charge is 2.29. The maximum Gasteiger partial charge on any atom is 0.328 e. The molecule has 182 valence electrons. The Hall–Kier alpha value is -3.11. The van der Waals surface area contributed by atoms with Crippen LogP contribution in [0.15, 0.2) is 4.99 Å². The Morgan fingerprint density at radius 3 is 1.91 bits per heavy atom. The molecule has 0 aromatic heterocycles. The summed E-state index contributed by atoms with van der Waals surface area (Å²) in [5.41, 5.74) is 21.1. The minimum absolute atomic E-state index is 0.0347. The summed E-state index contributed by atoms with van der Waals surface area (Å²) in [6.07, 6.45) is -0.162. The number of guanidine groups is 1. The fraction of sp³-hybridized carbons (Fsp3) is 0.625. The Labute approximate surface area is 189 Å². The number of carboxylic acids is 1. The van der Waals surface area contributed by atoms with Gasteiger partial charge in [0.15, 0.2) is 5.96 Å². The second-order valence-corrected chi connectivity index (χ2v) is 6.98. The topological polar surface area (TPSA) is 278 Å². The Morgan fingerprint density at radius 2 is 1.44 bits per heavy atom. The summed E-state index contributed by atoms with van der Waals surface area (Å²) in [5, 5.41) is 24.7. The lowest BCUT2D eigenvalue weighted by Gasteiger charge is -2.24. The van der Waals surface area contributed by atoms with Crippen LogP contribution in [0.1, 0.15) is 19.3 Å². The smallest absolute Gasteiger partial charge is 0.328 e. The SMILES string of the molecule is NC(=O)CC(N)C(=O)NC(CCCN=C(N)N)C(=O)NC(CS)C(=O)NC(CO)C(=O)O. The second kappa shape index (κ2) is 14.8. The molecule has 0 rings (SSSR count). The molecule has 4 atom stereocenters. The lowest BCUT2D eigenvalue weighted by atomic mass is 10.1. The summed E-state index contributed by atoms with van der Waals surface area (Å²) >= 11 is 3.96. The average Bonchev–Trinajstić information content (AvgIpc) is 2.70. The third-order valence-electron chi connectivity index (χ3n) is 3.95. The lowest BCUT2D eigenvalue weighted by molar-refractivity contribution is -0.143. The Kier molecular flexibility index (Phi) is 13.4. The van der Waals surface area contributed by atoms with Crippen molar-refractivity contribution >= 4 is 48.2 Å². The predicted molar refractivity (Wildman–Crippen MR) is 116 cm³/mol. The van der Waals surface area contributed by atoms with Gasteiger partial charge in [-0.15, -0.1) is 0 Å². The van der Waals surface area contributed by atoms with Gasteiger partial charge in [0.05, 0.1) is 19.1 Å². The van der Waals surface area contributed by atoms with E-state index in [0.29, 0.717) is 0 Å². The molecule has 32 heavy (non-hydrogen) atoms. The van der Waals surface area contributed by atoms with E-state index in [1.165, 1.54) is 0 Å². The van der Waals surface area contributed by atoms with Crippen LogP contribution in [0.3, 0.4) is 0 Å². The Balaban J connectivity index is 5.29. The van der Waals surface area contributed by atoms with Crippen LogP contribution >= 0.6 is 12.6 Å². The van der Waals surface area contributed by atoms with Crippen molar-refractivity contribution in [3.63, 3.8) is 0 Å². The highest BCUT2D eigenvalue weighted by Crippen LogP contribution is 2.02. The molecule has 0 aromatic carbocycles. The van der Waals surface area contributed by atoms with Gasteiger partial charge in [-0.05, 0) is 12.8 Å². The van der Waals surface area contributed by atoms with E-state index >= 15 is 0 Å². The number of nitrogens with one attached hydrogen (secondary N) is 3. The molecule has 0 fully saturated rings. The van der Waals surface area contributed by atoms with Crippen LogP contribution in [-0.2, 0) is 24.0 Å². The molecular weight excluding hydrogens is 448 g/mol. The molecule has 0 aliphatic carbocycles. The zero-order chi connectivity index (χ0) is 24.8. The number of hydrogen-bond acceptors (Lipinski definition) is 9. The summed E-state index contributed by atoms with van der Waals surface area (Å²) < 4.78 is 0. The van der Waals surface area contributed by atoms with Crippen molar-refractivity contribution in [2.75, 3.05) is 18.9 Å². The molecule has 15 nitrogen and oxygen atoms in total. The number of rotatable bonds is 15. The first-order valence-corrected chi connectivity index (χ1v) is 10.0. The fourth-order valence-electron chi connectivity index (χ4n) is 2.28. The minimum atomic E-state index is -1.58. The van der Waals surface area contributed by atoms with Crippen molar-refractivity contribution in [1.29, 1.82) is 0 Å². The zero-order valence-corrected chi connectivity index (χ0v) is 18.1. The van der Waals surface area contributed by atoms with Gasteiger partial charge in [0.2, 0.25) is 23.6 Å². The highest BCUT2D eigenvalue weighted by atomic mass is 32.1. The van der Waals surface area contributed by atoms with Crippen molar-refractivity contribution in [2.24, 2.45) is 27.9 Å². The number of aliphatic carboxylic acids is 1. The number of primary amides is 1. The van der Waals surface area contributed by atoms with Gasteiger partial charge in [0.1, 0.15) is 18.1 Å². The summed E-state index contributed by atoms with van der Waals surface area (Å²) in [5.74, 6) is -5.22. The lowest BCUT2D eigenvalue weighted by Crippen LogP contribution is -2.58. The van der Waals surface area contributed by atoms with E-state index < -0.39 is 66.8 Å². The van der Waals surface area contributed by atoms with Crippen LogP contribution in [0.5, 0.6) is 0 Å². The van der Waals surface area contributed by atoms with Gasteiger partial charge >= 0.3 is 5.97 Å². The molecule has 4 unspecified atom stereocenters. The first-order chi connectivity index (χ1) is 14.9. The summed E-state index contributed by atoms with van der Waals surface area (Å²) in [6, 6.07) is -5.36. The molecule has 16 heteroatoms. The molecule has 0 spiro atoms. The van der Waals surface area contributed by atoms with Crippen molar-refractivity contribution in [2.45, 2.75) is 43.4 Å². The maximum absolute atomic E-state index is 12.7. The standard InChI is InChI=1S/C16H30N8O7S/c17-7(4-11(18)26)12(27)22-8(2-1-3-21-16(19)20)13(28)24-10(6-32)14(29)23-9(5-25)15(30)31/h7-10,25,32H,1-6,17H2,(H2,18,26)(H,22,27)(H,23,29)(H,24,28)(H,30,31)(H4,19,20,21). The molecule has 13 N–H and O–H groups in total. The first-order valence-electron chi connectivity index (χ1n) is 9.37. The van der Waals surface area contributed by atoms with Gasteiger partial charge < -0.3 is 49.1 Å². The average molecular weight is 479 g/mol. The van der Waals surface area contributed by atoms with Gasteiger partial charge in [-0.25, -0.2) is 4.79 Å². The van der Waals surface area contributed by atoms with Crippen molar-refractivity contribution in [3.05, 3.63) is 0 Å². The molecule has 0 aliphatic rings. The van der Waals surface area contributed by atoms with Gasteiger partial charge in [-0.2, -0.15) is 12.6 Å². The molecule has 0 radical (unpaired) electrons. The number of hydrogen-bond donors (Lipinski definition) is 10. The monoisotopic (exact) mass is 478 g/mol. The van der Waals surface area contributed by atoms with E-state index in [1.807, 2.05) is 0 Å². The zero-order valence-electron chi connectivity index (χ0n) is 17.2. The van der Waals surface area contributed by atoms with Crippen molar-refractivity contribution in [3.8, 4) is 0 Å². The normalized spacial score (nSPS) is 14.2. The van der Waals surface area contributed by atoms with Gasteiger partial charge in [-0.1, -0.05) is 0 Å². The number of carbonyl (C=O) groups is 5. The quantitative estimate of drug-likeness (QED) is 0.0461.